The molecule has 1 aromatic carbocycles. The summed E-state index contributed by atoms with van der Waals surface area (Å²) < 4.78 is 5.10. The number of hydrogen-bond donors (Lipinski definition) is 1. The Balaban J connectivity index is 2.47. The lowest BCUT2D eigenvalue weighted by atomic mass is 10.1. The highest BCUT2D eigenvalue weighted by Crippen LogP contribution is 2.25. The Bertz CT molecular complexity index is 460. The second kappa shape index (κ2) is 3.18. The van der Waals surface area contributed by atoms with E-state index >= 15 is 0 Å². The van der Waals surface area contributed by atoms with Crippen LogP contribution >= 0.6 is 0 Å². The summed E-state index contributed by atoms with van der Waals surface area (Å²) in [6.45, 7) is 3.64. The number of nitrogens with zero attached hydrogens (tertiary/aromatic N) is 1. The van der Waals surface area contributed by atoms with Crippen molar-refractivity contribution in [3.8, 4) is 17.0 Å². The van der Waals surface area contributed by atoms with E-state index in [1.165, 1.54) is 0 Å². The largest absolute Gasteiger partial charge is 0.508 e. The minimum absolute atomic E-state index is 0.281. The molecule has 0 radical (unpaired) electrons. The third kappa shape index (κ3) is 1.48. The molecule has 1 aromatic heterocycles. The van der Waals surface area contributed by atoms with Crippen LogP contribution in [0.1, 0.15) is 11.5 Å². The van der Waals surface area contributed by atoms with E-state index in [9.17, 15) is 5.11 Å². The fourth-order valence-corrected chi connectivity index (χ4v) is 1.26. The van der Waals surface area contributed by atoms with Crippen LogP contribution in [0.4, 0.5) is 0 Å². The van der Waals surface area contributed by atoms with Crippen molar-refractivity contribution in [1.82, 2.24) is 4.98 Å². The van der Waals surface area contributed by atoms with Crippen molar-refractivity contribution in [3.05, 3.63) is 35.9 Å². The Morgan fingerprint density at radius 2 is 2.07 bits per heavy atom. The molecule has 0 fully saturated rings. The number of aromatic hydroxyl groups is 1. The van der Waals surface area contributed by atoms with Gasteiger partial charge in [-0.2, -0.15) is 0 Å². The monoisotopic (exact) mass is 189 g/mol. The van der Waals surface area contributed by atoms with Crippen LogP contribution in [-0.4, -0.2) is 10.1 Å². The fourth-order valence-electron chi connectivity index (χ4n) is 1.26. The van der Waals surface area contributed by atoms with Gasteiger partial charge in [0.05, 0.1) is 0 Å². The van der Waals surface area contributed by atoms with E-state index in [1.54, 1.807) is 19.3 Å². The number of benzene rings is 1. The molecule has 72 valence electrons. The molecule has 14 heavy (non-hydrogen) atoms. The Kier molecular flexibility index (Phi) is 2.00. The zero-order valence-corrected chi connectivity index (χ0v) is 8.11. The number of hydrogen-bond acceptors (Lipinski definition) is 3. The number of phenols is 1. The van der Waals surface area contributed by atoms with E-state index < -0.39 is 0 Å². The number of aromatic nitrogens is 1. The summed E-state index contributed by atoms with van der Waals surface area (Å²) in [7, 11) is 0. The summed E-state index contributed by atoms with van der Waals surface area (Å²) in [5.41, 5.74) is 2.47. The van der Waals surface area contributed by atoms with Gasteiger partial charge in [0.15, 0.2) is 5.89 Å². The van der Waals surface area contributed by atoms with Gasteiger partial charge in [0.2, 0.25) is 0 Å². The second-order valence-electron chi connectivity index (χ2n) is 3.25. The van der Waals surface area contributed by atoms with Gasteiger partial charge >= 0.3 is 0 Å². The predicted molar refractivity (Wildman–Crippen MR) is 53.1 cm³/mol. The average molecular weight is 189 g/mol. The first-order chi connectivity index (χ1) is 6.66. The predicted octanol–water partition coefficient (Wildman–Crippen LogP) is 2.66. The SMILES string of the molecule is Cc1nc(-c2ccc(C)c(O)c2)co1. The summed E-state index contributed by atoms with van der Waals surface area (Å²) in [6, 6.07) is 5.45. The van der Waals surface area contributed by atoms with Gasteiger partial charge in [-0.25, -0.2) is 4.98 Å². The van der Waals surface area contributed by atoms with Crippen molar-refractivity contribution >= 4 is 0 Å². The van der Waals surface area contributed by atoms with Gasteiger partial charge in [-0.1, -0.05) is 12.1 Å². The minimum atomic E-state index is 0.281. The highest BCUT2D eigenvalue weighted by molar-refractivity contribution is 5.61. The van der Waals surface area contributed by atoms with Crippen LogP contribution in [0.5, 0.6) is 5.75 Å². The van der Waals surface area contributed by atoms with Crippen LogP contribution in [0, 0.1) is 13.8 Å². The summed E-state index contributed by atoms with van der Waals surface area (Å²) in [4.78, 5) is 4.17. The molecular formula is C11H11NO2. The van der Waals surface area contributed by atoms with Crippen molar-refractivity contribution in [2.24, 2.45) is 0 Å². The molecule has 0 aliphatic heterocycles. The molecule has 0 atom stereocenters. The maximum absolute atomic E-state index is 9.51. The molecule has 2 rings (SSSR count). The average Bonchev–Trinajstić information content (AvgIpc) is 2.57. The molecule has 0 aliphatic carbocycles. The Morgan fingerprint density at radius 1 is 1.29 bits per heavy atom. The maximum Gasteiger partial charge on any atom is 0.191 e. The quantitative estimate of drug-likeness (QED) is 0.750. The lowest BCUT2D eigenvalue weighted by molar-refractivity contribution is 0.471. The van der Waals surface area contributed by atoms with Gasteiger partial charge in [-0.15, -0.1) is 0 Å². The molecule has 0 spiro atoms. The molecule has 2 aromatic rings. The number of oxazole rings is 1. The van der Waals surface area contributed by atoms with Gasteiger partial charge in [0, 0.05) is 12.5 Å². The second-order valence-corrected chi connectivity index (χ2v) is 3.25. The van der Waals surface area contributed by atoms with Crippen LogP contribution in [0.3, 0.4) is 0 Å². The Labute approximate surface area is 82.0 Å². The molecule has 0 saturated carbocycles. The first-order valence-electron chi connectivity index (χ1n) is 4.39. The third-order valence-corrected chi connectivity index (χ3v) is 2.12. The van der Waals surface area contributed by atoms with Crippen molar-refractivity contribution in [1.29, 1.82) is 0 Å². The van der Waals surface area contributed by atoms with Crippen molar-refractivity contribution < 1.29 is 9.52 Å². The standard InChI is InChI=1S/C11H11NO2/c1-7-3-4-9(5-11(7)13)10-6-14-8(2)12-10/h3-6,13H,1-2H3. The van der Waals surface area contributed by atoms with Crippen molar-refractivity contribution in [2.75, 3.05) is 0 Å². The van der Waals surface area contributed by atoms with E-state index in [-0.39, 0.29) is 5.75 Å². The smallest absolute Gasteiger partial charge is 0.191 e. The van der Waals surface area contributed by atoms with Gasteiger partial charge in [-0.05, 0) is 18.6 Å². The summed E-state index contributed by atoms with van der Waals surface area (Å²) >= 11 is 0. The lowest BCUT2D eigenvalue weighted by Gasteiger charge is -2.00. The molecule has 1 heterocycles. The van der Waals surface area contributed by atoms with E-state index in [1.807, 2.05) is 19.1 Å². The number of rotatable bonds is 1. The summed E-state index contributed by atoms with van der Waals surface area (Å²) in [6.07, 6.45) is 1.58. The van der Waals surface area contributed by atoms with Crippen LogP contribution in [-0.2, 0) is 0 Å². The molecule has 0 unspecified atom stereocenters. The molecule has 0 saturated heterocycles. The van der Waals surface area contributed by atoms with Crippen LogP contribution < -0.4 is 0 Å². The van der Waals surface area contributed by atoms with Crippen LogP contribution in [0.2, 0.25) is 0 Å². The summed E-state index contributed by atoms with van der Waals surface area (Å²) in [5, 5.41) is 9.51. The van der Waals surface area contributed by atoms with Gasteiger partial charge in [0.1, 0.15) is 17.7 Å². The van der Waals surface area contributed by atoms with E-state index in [0.29, 0.717) is 5.89 Å². The molecule has 0 aliphatic rings. The maximum atomic E-state index is 9.51. The van der Waals surface area contributed by atoms with E-state index in [2.05, 4.69) is 4.98 Å². The van der Waals surface area contributed by atoms with Gasteiger partial charge in [0.25, 0.3) is 0 Å². The van der Waals surface area contributed by atoms with Gasteiger partial charge in [-0.3, -0.25) is 0 Å². The molecule has 3 nitrogen and oxygen atoms in total. The fraction of sp³-hybridized carbons (Fsp3) is 0.182. The molecule has 0 amide bonds. The van der Waals surface area contributed by atoms with Crippen molar-refractivity contribution in [3.63, 3.8) is 0 Å². The number of phenolic OH excluding ortho intramolecular Hbond substituents is 1. The molecular weight excluding hydrogens is 178 g/mol. The van der Waals surface area contributed by atoms with Crippen LogP contribution in [0.15, 0.2) is 28.9 Å². The lowest BCUT2D eigenvalue weighted by Crippen LogP contribution is -1.80. The Hall–Kier alpha value is -1.77. The summed E-state index contributed by atoms with van der Waals surface area (Å²) in [5.74, 6) is 0.906. The van der Waals surface area contributed by atoms with E-state index in [0.717, 1.165) is 16.8 Å². The molecule has 3 heteroatoms. The van der Waals surface area contributed by atoms with Crippen molar-refractivity contribution in [2.45, 2.75) is 13.8 Å². The Morgan fingerprint density at radius 3 is 2.64 bits per heavy atom. The topological polar surface area (TPSA) is 46.3 Å². The third-order valence-electron chi connectivity index (χ3n) is 2.12. The number of aryl methyl sites for hydroxylation is 2. The van der Waals surface area contributed by atoms with Crippen LogP contribution in [0.25, 0.3) is 11.3 Å². The zero-order valence-electron chi connectivity index (χ0n) is 8.11. The first-order valence-corrected chi connectivity index (χ1v) is 4.39. The first kappa shape index (κ1) is 8.81. The molecule has 1 N–H and O–H groups in total. The van der Waals surface area contributed by atoms with E-state index in [4.69, 9.17) is 4.42 Å². The minimum Gasteiger partial charge on any atom is -0.508 e. The van der Waals surface area contributed by atoms with Gasteiger partial charge < -0.3 is 9.52 Å². The highest BCUT2D eigenvalue weighted by atomic mass is 16.3. The normalized spacial score (nSPS) is 10.4. The molecule has 0 bridgehead atoms. The highest BCUT2D eigenvalue weighted by Gasteiger charge is 2.04. The zero-order chi connectivity index (χ0) is 10.1.